The van der Waals surface area contributed by atoms with Gasteiger partial charge in [0.05, 0.1) is 0 Å². The van der Waals surface area contributed by atoms with Gasteiger partial charge in [0.25, 0.3) is 0 Å². The molecule has 1 unspecified atom stereocenters. The predicted molar refractivity (Wildman–Crippen MR) is 74.0 cm³/mol. The van der Waals surface area contributed by atoms with Crippen molar-refractivity contribution in [2.24, 2.45) is 5.92 Å². The van der Waals surface area contributed by atoms with Gasteiger partial charge in [-0.25, -0.2) is 8.78 Å². The first-order valence-corrected chi connectivity index (χ1v) is 7.39. The second-order valence-electron chi connectivity index (χ2n) is 5.52. The Morgan fingerprint density at radius 2 is 1.95 bits per heavy atom. The molecule has 0 spiro atoms. The van der Waals surface area contributed by atoms with Crippen molar-refractivity contribution in [3.8, 4) is 0 Å². The minimum atomic E-state index is -0.505. The van der Waals surface area contributed by atoms with Crippen molar-refractivity contribution in [3.05, 3.63) is 35.4 Å². The maximum atomic E-state index is 13.9. The Morgan fingerprint density at radius 3 is 2.58 bits per heavy atom. The van der Waals surface area contributed by atoms with Gasteiger partial charge in [-0.2, -0.15) is 0 Å². The van der Waals surface area contributed by atoms with E-state index in [1.54, 1.807) is 6.07 Å². The van der Waals surface area contributed by atoms with Crippen LogP contribution in [-0.2, 0) is 0 Å². The summed E-state index contributed by atoms with van der Waals surface area (Å²) in [6.07, 6.45) is 7.34. The van der Waals surface area contributed by atoms with Crippen LogP contribution in [0.25, 0.3) is 0 Å². The summed E-state index contributed by atoms with van der Waals surface area (Å²) in [5.41, 5.74) is 0.605. The average molecular weight is 267 g/mol. The third kappa shape index (κ3) is 4.00. The van der Waals surface area contributed by atoms with Crippen LogP contribution in [0.1, 0.15) is 57.1 Å². The highest BCUT2D eigenvalue weighted by Gasteiger charge is 2.21. The molecule has 3 heteroatoms. The van der Waals surface area contributed by atoms with Crippen molar-refractivity contribution in [2.75, 3.05) is 6.54 Å². The third-order valence-corrected chi connectivity index (χ3v) is 4.08. The lowest BCUT2D eigenvalue weighted by atomic mass is 9.83. The van der Waals surface area contributed by atoms with Gasteiger partial charge in [-0.3, -0.25) is 0 Å². The Balaban J connectivity index is 2.09. The first-order chi connectivity index (χ1) is 9.20. The van der Waals surface area contributed by atoms with Gasteiger partial charge in [0, 0.05) is 17.7 Å². The molecular weight excluding hydrogens is 244 g/mol. The molecule has 1 aromatic rings. The molecule has 1 atom stereocenters. The van der Waals surface area contributed by atoms with E-state index >= 15 is 0 Å². The van der Waals surface area contributed by atoms with Crippen LogP contribution in [-0.4, -0.2) is 6.54 Å². The Labute approximate surface area is 114 Å². The van der Waals surface area contributed by atoms with Crippen molar-refractivity contribution in [2.45, 2.75) is 51.5 Å². The summed E-state index contributed by atoms with van der Waals surface area (Å²) in [7, 11) is 0. The molecule has 106 valence electrons. The molecule has 1 nitrogen and oxygen atoms in total. The summed E-state index contributed by atoms with van der Waals surface area (Å²) < 4.78 is 26.9. The molecule has 2 rings (SSSR count). The Hall–Kier alpha value is -0.960. The van der Waals surface area contributed by atoms with Gasteiger partial charge < -0.3 is 5.32 Å². The largest absolute Gasteiger partial charge is 0.310 e. The monoisotopic (exact) mass is 267 g/mol. The van der Waals surface area contributed by atoms with Crippen LogP contribution in [0.4, 0.5) is 8.78 Å². The molecule has 1 fully saturated rings. The summed E-state index contributed by atoms with van der Waals surface area (Å²) in [4.78, 5) is 0. The van der Waals surface area contributed by atoms with E-state index < -0.39 is 11.6 Å². The minimum absolute atomic E-state index is 0.00806. The molecule has 1 aliphatic rings. The fourth-order valence-corrected chi connectivity index (χ4v) is 3.11. The number of hydrogen-bond acceptors (Lipinski definition) is 1. The van der Waals surface area contributed by atoms with Gasteiger partial charge in [-0.1, -0.05) is 45.1 Å². The van der Waals surface area contributed by atoms with Crippen LogP contribution in [0.2, 0.25) is 0 Å². The molecule has 0 bridgehead atoms. The number of nitrogens with one attached hydrogen (secondary N) is 1. The van der Waals surface area contributed by atoms with Crippen molar-refractivity contribution >= 4 is 0 Å². The molecule has 0 amide bonds. The van der Waals surface area contributed by atoms with Crippen LogP contribution in [0.5, 0.6) is 0 Å². The van der Waals surface area contributed by atoms with Crippen LogP contribution in [0.3, 0.4) is 0 Å². The van der Waals surface area contributed by atoms with Gasteiger partial charge in [0.15, 0.2) is 0 Å². The molecule has 0 saturated heterocycles. The fraction of sp³-hybridized carbons (Fsp3) is 0.625. The summed E-state index contributed by atoms with van der Waals surface area (Å²) >= 11 is 0. The summed E-state index contributed by atoms with van der Waals surface area (Å²) in [5.74, 6) is -0.266. The zero-order chi connectivity index (χ0) is 13.7. The highest BCUT2D eigenvalue weighted by molar-refractivity contribution is 5.22. The van der Waals surface area contributed by atoms with E-state index in [1.807, 2.05) is 6.92 Å². The smallest absolute Gasteiger partial charge is 0.130 e. The lowest BCUT2D eigenvalue weighted by Crippen LogP contribution is -2.25. The maximum absolute atomic E-state index is 13.9. The lowest BCUT2D eigenvalue weighted by Gasteiger charge is -2.27. The number of halogens is 2. The molecular formula is C16H23F2N. The second kappa shape index (κ2) is 6.99. The molecule has 1 saturated carbocycles. The van der Waals surface area contributed by atoms with Crippen LogP contribution < -0.4 is 5.32 Å². The van der Waals surface area contributed by atoms with E-state index in [1.165, 1.54) is 38.2 Å². The lowest BCUT2D eigenvalue weighted by molar-refractivity contribution is 0.298. The fourth-order valence-electron chi connectivity index (χ4n) is 3.11. The molecule has 1 aliphatic carbocycles. The quantitative estimate of drug-likeness (QED) is 0.823. The topological polar surface area (TPSA) is 12.0 Å². The number of hydrogen-bond donors (Lipinski definition) is 1. The standard InChI is InChI=1S/C16H23F2N/c1-2-19-16(10-12-6-4-3-5-7-12)14-9-8-13(17)11-15(14)18/h8-9,11-12,16,19H,2-7,10H2,1H3. The molecule has 19 heavy (non-hydrogen) atoms. The Bertz CT molecular complexity index is 400. The predicted octanol–water partition coefficient (Wildman–Crippen LogP) is 4.59. The molecule has 1 N–H and O–H groups in total. The third-order valence-electron chi connectivity index (χ3n) is 4.08. The van der Waals surface area contributed by atoms with Gasteiger partial charge in [0.2, 0.25) is 0 Å². The number of benzene rings is 1. The van der Waals surface area contributed by atoms with Gasteiger partial charge in [-0.15, -0.1) is 0 Å². The van der Waals surface area contributed by atoms with Crippen LogP contribution >= 0.6 is 0 Å². The maximum Gasteiger partial charge on any atom is 0.130 e. The molecule has 0 aromatic heterocycles. The Morgan fingerprint density at radius 1 is 1.21 bits per heavy atom. The average Bonchev–Trinajstić information content (AvgIpc) is 2.39. The van der Waals surface area contributed by atoms with E-state index in [4.69, 9.17) is 0 Å². The number of rotatable bonds is 5. The van der Waals surface area contributed by atoms with E-state index in [0.29, 0.717) is 11.5 Å². The van der Waals surface area contributed by atoms with E-state index in [9.17, 15) is 8.78 Å². The SMILES string of the molecule is CCNC(CC1CCCCC1)c1ccc(F)cc1F. The highest BCUT2D eigenvalue weighted by atomic mass is 19.1. The zero-order valence-corrected chi connectivity index (χ0v) is 11.6. The van der Waals surface area contributed by atoms with Crippen molar-refractivity contribution in [1.29, 1.82) is 0 Å². The molecule has 0 heterocycles. The van der Waals surface area contributed by atoms with E-state index in [2.05, 4.69) is 5.32 Å². The normalized spacial score (nSPS) is 18.5. The van der Waals surface area contributed by atoms with E-state index in [-0.39, 0.29) is 6.04 Å². The molecule has 1 aromatic carbocycles. The highest BCUT2D eigenvalue weighted by Crippen LogP contribution is 2.32. The first-order valence-electron chi connectivity index (χ1n) is 7.39. The van der Waals surface area contributed by atoms with Gasteiger partial charge in [0.1, 0.15) is 11.6 Å². The Kier molecular flexibility index (Phi) is 5.32. The zero-order valence-electron chi connectivity index (χ0n) is 11.6. The summed E-state index contributed by atoms with van der Waals surface area (Å²) in [5, 5.41) is 3.34. The van der Waals surface area contributed by atoms with Crippen molar-refractivity contribution in [1.82, 2.24) is 5.32 Å². The minimum Gasteiger partial charge on any atom is -0.310 e. The summed E-state index contributed by atoms with van der Waals surface area (Å²) in [6.45, 7) is 2.82. The second-order valence-corrected chi connectivity index (χ2v) is 5.52. The van der Waals surface area contributed by atoms with Crippen molar-refractivity contribution < 1.29 is 8.78 Å². The first kappa shape index (κ1) is 14.4. The van der Waals surface area contributed by atoms with E-state index in [0.717, 1.165) is 19.0 Å². The van der Waals surface area contributed by atoms with Crippen LogP contribution in [0.15, 0.2) is 18.2 Å². The molecule has 0 radical (unpaired) electrons. The molecule has 0 aliphatic heterocycles. The van der Waals surface area contributed by atoms with Gasteiger partial charge >= 0.3 is 0 Å². The van der Waals surface area contributed by atoms with Crippen molar-refractivity contribution in [3.63, 3.8) is 0 Å². The van der Waals surface area contributed by atoms with Gasteiger partial charge in [-0.05, 0) is 24.9 Å². The van der Waals surface area contributed by atoms with Crippen LogP contribution in [0, 0.1) is 17.6 Å². The summed E-state index contributed by atoms with van der Waals surface area (Å²) in [6, 6.07) is 3.93.